The molecule has 1 amide bonds. The van der Waals surface area contributed by atoms with Crippen LogP contribution >= 0.6 is 23.2 Å². The normalized spacial score (nSPS) is 29.1. The van der Waals surface area contributed by atoms with Gasteiger partial charge in [-0.3, -0.25) is 4.79 Å². The van der Waals surface area contributed by atoms with Gasteiger partial charge in [0.25, 0.3) is 5.91 Å². The number of fused-ring (bicyclic) bond motifs is 1. The van der Waals surface area contributed by atoms with Crippen LogP contribution in [0.15, 0.2) is 18.2 Å². The number of aliphatic hydroxyl groups is 1. The molecular formula is C16H19Cl2NO2. The van der Waals surface area contributed by atoms with Gasteiger partial charge >= 0.3 is 0 Å². The quantitative estimate of drug-likeness (QED) is 0.853. The monoisotopic (exact) mass is 327 g/mol. The summed E-state index contributed by atoms with van der Waals surface area (Å²) >= 11 is 12.1. The molecule has 1 saturated carbocycles. The van der Waals surface area contributed by atoms with Gasteiger partial charge in [-0.2, -0.15) is 0 Å². The van der Waals surface area contributed by atoms with Crippen LogP contribution in [-0.2, 0) is 0 Å². The van der Waals surface area contributed by atoms with Crippen molar-refractivity contribution >= 4 is 29.1 Å². The summed E-state index contributed by atoms with van der Waals surface area (Å²) in [7, 11) is 0. The maximum atomic E-state index is 12.7. The molecule has 1 heterocycles. The molecule has 2 fully saturated rings. The number of halogens is 2. The van der Waals surface area contributed by atoms with Crippen LogP contribution < -0.4 is 0 Å². The zero-order valence-corrected chi connectivity index (χ0v) is 13.3. The molecule has 2 unspecified atom stereocenters. The van der Waals surface area contributed by atoms with Gasteiger partial charge in [-0.15, -0.1) is 0 Å². The SMILES string of the molecule is O=C(c1cc(Cl)ccc1Cl)N1CCC2(O)CCCCC2C1. The molecule has 0 spiro atoms. The standard InChI is InChI=1S/C16H19Cl2NO2/c17-12-4-5-14(18)13(9-12)15(20)19-8-7-16(21)6-2-1-3-11(16)10-19/h4-5,9,11,21H,1-3,6-8,10H2. The Morgan fingerprint density at radius 2 is 2.10 bits per heavy atom. The number of benzene rings is 1. The third-order valence-corrected chi connectivity index (χ3v) is 5.44. The second-order valence-electron chi connectivity index (χ2n) is 6.17. The van der Waals surface area contributed by atoms with Gasteiger partial charge in [-0.05, 0) is 37.5 Å². The van der Waals surface area contributed by atoms with Crippen molar-refractivity contribution in [2.45, 2.75) is 37.7 Å². The summed E-state index contributed by atoms with van der Waals surface area (Å²) in [5, 5.41) is 11.6. The van der Waals surface area contributed by atoms with Gasteiger partial charge in [-0.1, -0.05) is 36.0 Å². The molecule has 0 radical (unpaired) electrons. The van der Waals surface area contributed by atoms with Gasteiger partial charge in [0, 0.05) is 24.0 Å². The van der Waals surface area contributed by atoms with E-state index in [1.807, 2.05) is 4.90 Å². The Bertz CT molecular complexity index is 563. The molecule has 1 aromatic carbocycles. The van der Waals surface area contributed by atoms with E-state index in [2.05, 4.69) is 0 Å². The van der Waals surface area contributed by atoms with E-state index in [-0.39, 0.29) is 11.8 Å². The van der Waals surface area contributed by atoms with E-state index in [0.29, 0.717) is 35.1 Å². The molecule has 1 aliphatic heterocycles. The summed E-state index contributed by atoms with van der Waals surface area (Å²) in [5.41, 5.74) is -0.127. The fourth-order valence-electron chi connectivity index (χ4n) is 3.59. The summed E-state index contributed by atoms with van der Waals surface area (Å²) in [4.78, 5) is 14.5. The Kier molecular flexibility index (Phi) is 4.17. The Balaban J connectivity index is 1.79. The number of piperidine rings is 1. The zero-order valence-electron chi connectivity index (χ0n) is 11.8. The van der Waals surface area contributed by atoms with Crippen molar-refractivity contribution in [2.75, 3.05) is 13.1 Å². The molecule has 114 valence electrons. The Hall–Kier alpha value is -0.770. The minimum Gasteiger partial charge on any atom is -0.389 e. The van der Waals surface area contributed by atoms with Crippen LogP contribution in [0.25, 0.3) is 0 Å². The Labute approximate surface area is 134 Å². The van der Waals surface area contributed by atoms with Crippen molar-refractivity contribution in [1.29, 1.82) is 0 Å². The maximum absolute atomic E-state index is 12.7. The lowest BCUT2D eigenvalue weighted by atomic mass is 9.71. The largest absolute Gasteiger partial charge is 0.389 e. The molecular weight excluding hydrogens is 309 g/mol. The molecule has 1 saturated heterocycles. The number of hydrogen-bond acceptors (Lipinski definition) is 2. The first-order valence-corrected chi connectivity index (χ1v) is 8.22. The van der Waals surface area contributed by atoms with Crippen molar-refractivity contribution < 1.29 is 9.90 Å². The number of hydrogen-bond donors (Lipinski definition) is 1. The van der Waals surface area contributed by atoms with Crippen LogP contribution in [-0.4, -0.2) is 34.6 Å². The van der Waals surface area contributed by atoms with Gasteiger partial charge in [0.2, 0.25) is 0 Å². The highest BCUT2D eigenvalue weighted by molar-refractivity contribution is 6.35. The van der Waals surface area contributed by atoms with Crippen molar-refractivity contribution in [3.05, 3.63) is 33.8 Å². The van der Waals surface area contributed by atoms with Crippen molar-refractivity contribution in [2.24, 2.45) is 5.92 Å². The average molecular weight is 328 g/mol. The lowest BCUT2D eigenvalue weighted by molar-refractivity contribution is -0.0886. The van der Waals surface area contributed by atoms with Crippen LogP contribution in [0.1, 0.15) is 42.5 Å². The van der Waals surface area contributed by atoms with Crippen LogP contribution in [0, 0.1) is 5.92 Å². The number of nitrogens with zero attached hydrogens (tertiary/aromatic N) is 1. The smallest absolute Gasteiger partial charge is 0.255 e. The second kappa shape index (κ2) is 5.79. The minimum atomic E-state index is -0.576. The van der Waals surface area contributed by atoms with Gasteiger partial charge in [0.1, 0.15) is 0 Å². The molecule has 0 aromatic heterocycles. The first-order valence-electron chi connectivity index (χ1n) is 7.46. The topological polar surface area (TPSA) is 40.5 Å². The molecule has 3 nitrogen and oxygen atoms in total. The van der Waals surface area contributed by atoms with E-state index in [1.54, 1.807) is 18.2 Å². The van der Waals surface area contributed by atoms with Crippen LogP contribution in [0.4, 0.5) is 0 Å². The van der Waals surface area contributed by atoms with E-state index in [4.69, 9.17) is 23.2 Å². The minimum absolute atomic E-state index is 0.0878. The molecule has 21 heavy (non-hydrogen) atoms. The Morgan fingerprint density at radius 1 is 1.29 bits per heavy atom. The molecule has 1 aliphatic carbocycles. The van der Waals surface area contributed by atoms with Crippen LogP contribution in [0.2, 0.25) is 10.0 Å². The van der Waals surface area contributed by atoms with Gasteiger partial charge in [0.05, 0.1) is 16.2 Å². The molecule has 1 aromatic rings. The lowest BCUT2D eigenvalue weighted by Crippen LogP contribution is -2.54. The summed E-state index contributed by atoms with van der Waals surface area (Å²) in [6, 6.07) is 4.95. The third kappa shape index (κ3) is 2.92. The second-order valence-corrected chi connectivity index (χ2v) is 7.02. The summed E-state index contributed by atoms with van der Waals surface area (Å²) in [5.74, 6) is 0.0945. The molecule has 1 N–H and O–H groups in total. The number of carbonyl (C=O) groups is 1. The van der Waals surface area contributed by atoms with Crippen LogP contribution in [0.3, 0.4) is 0 Å². The highest BCUT2D eigenvalue weighted by atomic mass is 35.5. The van der Waals surface area contributed by atoms with E-state index >= 15 is 0 Å². The average Bonchev–Trinajstić information content (AvgIpc) is 2.48. The van der Waals surface area contributed by atoms with Crippen molar-refractivity contribution in [3.63, 3.8) is 0 Å². The fraction of sp³-hybridized carbons (Fsp3) is 0.562. The van der Waals surface area contributed by atoms with E-state index in [1.165, 1.54) is 0 Å². The first-order chi connectivity index (χ1) is 9.99. The first kappa shape index (κ1) is 15.1. The maximum Gasteiger partial charge on any atom is 0.255 e. The number of rotatable bonds is 1. The van der Waals surface area contributed by atoms with Crippen LogP contribution in [0.5, 0.6) is 0 Å². The number of carbonyl (C=O) groups excluding carboxylic acids is 1. The highest BCUT2D eigenvalue weighted by Gasteiger charge is 2.43. The Morgan fingerprint density at radius 3 is 2.90 bits per heavy atom. The lowest BCUT2D eigenvalue weighted by Gasteiger charge is -2.47. The van der Waals surface area contributed by atoms with Gasteiger partial charge in [0.15, 0.2) is 0 Å². The van der Waals surface area contributed by atoms with Gasteiger partial charge in [-0.25, -0.2) is 0 Å². The van der Waals surface area contributed by atoms with E-state index in [9.17, 15) is 9.90 Å². The fourth-order valence-corrected chi connectivity index (χ4v) is 3.96. The third-order valence-electron chi connectivity index (χ3n) is 4.87. The zero-order chi connectivity index (χ0) is 15.0. The van der Waals surface area contributed by atoms with Crippen molar-refractivity contribution in [1.82, 2.24) is 4.90 Å². The molecule has 2 atom stereocenters. The summed E-state index contributed by atoms with van der Waals surface area (Å²) in [6.45, 7) is 1.19. The highest BCUT2D eigenvalue weighted by Crippen LogP contribution is 2.40. The predicted molar refractivity (Wildman–Crippen MR) is 83.9 cm³/mol. The van der Waals surface area contributed by atoms with E-state index in [0.717, 1.165) is 25.7 Å². The van der Waals surface area contributed by atoms with Gasteiger partial charge < -0.3 is 10.0 Å². The van der Waals surface area contributed by atoms with E-state index < -0.39 is 5.60 Å². The number of amides is 1. The molecule has 5 heteroatoms. The summed E-state index contributed by atoms with van der Waals surface area (Å²) in [6.07, 6.45) is 4.72. The molecule has 2 aliphatic rings. The predicted octanol–water partition coefficient (Wildman–Crippen LogP) is 3.76. The number of likely N-dealkylation sites (tertiary alicyclic amines) is 1. The van der Waals surface area contributed by atoms with Crippen molar-refractivity contribution in [3.8, 4) is 0 Å². The molecule has 3 rings (SSSR count). The summed E-state index contributed by atoms with van der Waals surface area (Å²) < 4.78 is 0. The molecule has 0 bridgehead atoms.